The minimum atomic E-state index is -0.675. The predicted molar refractivity (Wildman–Crippen MR) is 106 cm³/mol. The number of carbonyl (C=O) groups is 1. The normalized spacial score (nSPS) is 10.8. The topological polar surface area (TPSA) is 72.2 Å². The zero-order valence-corrected chi connectivity index (χ0v) is 15.6. The molecular weight excluding hydrogens is 416 g/mol. The van der Waals surface area contributed by atoms with Crippen LogP contribution in [0.5, 0.6) is 0 Å². The molecule has 0 radical (unpaired) electrons. The van der Waals surface area contributed by atoms with Gasteiger partial charge in [-0.15, -0.1) is 11.3 Å². The van der Waals surface area contributed by atoms with Gasteiger partial charge in [0.2, 0.25) is 0 Å². The number of hydrogen-bond donors (Lipinski definition) is 1. The average molecular weight is 427 g/mol. The van der Waals surface area contributed by atoms with Crippen LogP contribution in [0.3, 0.4) is 0 Å². The number of nitrogens with one attached hydrogen (secondary N) is 1. The van der Waals surface area contributed by atoms with Crippen molar-refractivity contribution in [2.75, 3.05) is 5.32 Å². The van der Waals surface area contributed by atoms with Gasteiger partial charge in [-0.2, -0.15) is 0 Å². The number of hydrogen-bond acceptors (Lipinski definition) is 5. The number of benzene rings is 2. The van der Waals surface area contributed by atoms with Crippen LogP contribution in [0.2, 0.25) is 0 Å². The first-order valence-electron chi connectivity index (χ1n) is 7.66. The molecule has 0 aliphatic carbocycles. The lowest BCUT2D eigenvalue weighted by atomic mass is 10.2. The van der Waals surface area contributed by atoms with Crippen LogP contribution in [0.25, 0.3) is 22.2 Å². The molecular formula is C19H11BrN2O3S. The summed E-state index contributed by atoms with van der Waals surface area (Å²) in [6.07, 6.45) is 0. The zero-order chi connectivity index (χ0) is 18.1. The fourth-order valence-electron chi connectivity index (χ4n) is 2.47. The van der Waals surface area contributed by atoms with Crippen molar-refractivity contribution >= 4 is 49.3 Å². The van der Waals surface area contributed by atoms with Crippen molar-refractivity contribution in [2.45, 2.75) is 0 Å². The maximum absolute atomic E-state index is 12.5. The second kappa shape index (κ2) is 6.86. The van der Waals surface area contributed by atoms with Gasteiger partial charge >= 0.3 is 5.63 Å². The highest BCUT2D eigenvalue weighted by atomic mass is 79.9. The van der Waals surface area contributed by atoms with Gasteiger partial charge < -0.3 is 4.42 Å². The summed E-state index contributed by atoms with van der Waals surface area (Å²) in [6, 6.07) is 16.3. The third kappa shape index (κ3) is 3.31. The Morgan fingerprint density at radius 3 is 2.69 bits per heavy atom. The van der Waals surface area contributed by atoms with Gasteiger partial charge in [-0.3, -0.25) is 10.1 Å². The van der Waals surface area contributed by atoms with Gasteiger partial charge in [0.05, 0.1) is 5.69 Å². The van der Waals surface area contributed by atoms with Gasteiger partial charge in [0.1, 0.15) is 11.1 Å². The number of anilines is 1. The molecule has 0 saturated heterocycles. The summed E-state index contributed by atoms with van der Waals surface area (Å²) in [4.78, 5) is 28.9. The van der Waals surface area contributed by atoms with Gasteiger partial charge in [0.25, 0.3) is 5.91 Å². The monoisotopic (exact) mass is 426 g/mol. The van der Waals surface area contributed by atoms with Crippen molar-refractivity contribution in [3.63, 3.8) is 0 Å². The Hall–Kier alpha value is -2.77. The summed E-state index contributed by atoms with van der Waals surface area (Å²) >= 11 is 4.69. The number of aromatic nitrogens is 1. The molecule has 0 aliphatic heterocycles. The quantitative estimate of drug-likeness (QED) is 0.471. The third-order valence-electron chi connectivity index (χ3n) is 3.75. The molecule has 4 rings (SSSR count). The molecule has 1 N–H and O–H groups in total. The molecule has 0 fully saturated rings. The standard InChI is InChI=1S/C19H11BrN2O3S/c20-13-7-5-11(6-8-13)15-10-26-19(21-15)22-17(23)14-9-12-3-1-2-4-16(12)25-18(14)24/h1-10H,(H,21,22,23). The predicted octanol–water partition coefficient (Wildman–Crippen LogP) is 4.93. The Balaban J connectivity index is 1.60. The highest BCUT2D eigenvalue weighted by molar-refractivity contribution is 9.10. The largest absolute Gasteiger partial charge is 0.422 e. The summed E-state index contributed by atoms with van der Waals surface area (Å²) < 4.78 is 6.18. The Labute approximate surface area is 160 Å². The molecule has 2 aromatic heterocycles. The number of rotatable bonds is 3. The smallest absolute Gasteiger partial charge is 0.349 e. The molecule has 1 amide bonds. The van der Waals surface area contributed by atoms with Gasteiger partial charge in [-0.1, -0.05) is 46.3 Å². The van der Waals surface area contributed by atoms with Crippen LogP contribution in [0.4, 0.5) is 5.13 Å². The lowest BCUT2D eigenvalue weighted by Crippen LogP contribution is -2.20. The van der Waals surface area contributed by atoms with Crippen LogP contribution in [0.15, 0.2) is 73.7 Å². The molecule has 5 nitrogen and oxygen atoms in total. The summed E-state index contributed by atoms with van der Waals surface area (Å²) in [5.41, 5.74) is 1.41. The minimum Gasteiger partial charge on any atom is -0.422 e. The van der Waals surface area contributed by atoms with E-state index in [1.54, 1.807) is 18.2 Å². The van der Waals surface area contributed by atoms with Gasteiger partial charge in [0, 0.05) is 20.8 Å². The maximum atomic E-state index is 12.5. The second-order valence-corrected chi connectivity index (χ2v) is 7.26. The summed E-state index contributed by atoms with van der Waals surface area (Å²) in [6.45, 7) is 0. The van der Waals surface area contributed by atoms with Crippen molar-refractivity contribution in [1.82, 2.24) is 4.98 Å². The van der Waals surface area contributed by atoms with E-state index in [-0.39, 0.29) is 5.56 Å². The molecule has 2 aromatic carbocycles. The van der Waals surface area contributed by atoms with Crippen LogP contribution < -0.4 is 10.9 Å². The minimum absolute atomic E-state index is 0.0518. The van der Waals surface area contributed by atoms with Crippen LogP contribution in [-0.2, 0) is 0 Å². The summed E-state index contributed by atoms with van der Waals surface area (Å²) in [5.74, 6) is -0.541. The molecule has 7 heteroatoms. The van der Waals surface area contributed by atoms with E-state index in [0.29, 0.717) is 16.1 Å². The molecule has 0 saturated carbocycles. The van der Waals surface area contributed by atoms with Gasteiger partial charge in [-0.05, 0) is 24.3 Å². The second-order valence-electron chi connectivity index (χ2n) is 5.48. The number of nitrogens with zero attached hydrogens (tertiary/aromatic N) is 1. The first kappa shape index (κ1) is 16.7. The number of thiazole rings is 1. The van der Waals surface area contributed by atoms with Crippen molar-refractivity contribution in [3.8, 4) is 11.3 Å². The van der Waals surface area contributed by atoms with Crippen LogP contribution in [0, 0.1) is 0 Å². The van der Waals surface area contributed by atoms with Crippen LogP contribution in [-0.4, -0.2) is 10.9 Å². The number of amides is 1. The van der Waals surface area contributed by atoms with Crippen LogP contribution >= 0.6 is 27.3 Å². The number of fused-ring (bicyclic) bond motifs is 1. The number of carbonyl (C=O) groups excluding carboxylic acids is 1. The molecule has 0 atom stereocenters. The Kier molecular flexibility index (Phi) is 4.40. The Bertz CT molecular complexity index is 1170. The van der Waals surface area contributed by atoms with E-state index in [9.17, 15) is 9.59 Å². The maximum Gasteiger partial charge on any atom is 0.349 e. The van der Waals surface area contributed by atoms with Gasteiger partial charge in [-0.25, -0.2) is 9.78 Å². The molecule has 4 aromatic rings. The summed E-state index contributed by atoms with van der Waals surface area (Å²) in [7, 11) is 0. The average Bonchev–Trinajstić information content (AvgIpc) is 3.10. The number of halogens is 1. The van der Waals surface area contributed by atoms with E-state index in [4.69, 9.17) is 4.42 Å². The van der Waals surface area contributed by atoms with Crippen LogP contribution in [0.1, 0.15) is 10.4 Å². The zero-order valence-electron chi connectivity index (χ0n) is 13.2. The van der Waals surface area contributed by atoms with E-state index in [2.05, 4.69) is 26.2 Å². The fraction of sp³-hybridized carbons (Fsp3) is 0. The van der Waals surface area contributed by atoms with E-state index in [0.717, 1.165) is 15.7 Å². The molecule has 0 spiro atoms. The van der Waals surface area contributed by atoms with Gasteiger partial charge in [0.15, 0.2) is 5.13 Å². The molecule has 0 unspecified atom stereocenters. The lowest BCUT2D eigenvalue weighted by molar-refractivity contribution is 0.102. The summed E-state index contributed by atoms with van der Waals surface area (Å²) in [5, 5.41) is 5.62. The molecule has 2 heterocycles. The molecule has 0 aliphatic rings. The fourth-order valence-corrected chi connectivity index (χ4v) is 3.45. The van der Waals surface area contributed by atoms with Crippen molar-refractivity contribution in [1.29, 1.82) is 0 Å². The highest BCUT2D eigenvalue weighted by Crippen LogP contribution is 2.26. The van der Waals surface area contributed by atoms with Crippen molar-refractivity contribution in [3.05, 3.63) is 80.4 Å². The first-order valence-corrected chi connectivity index (χ1v) is 9.33. The van der Waals surface area contributed by atoms with E-state index in [1.807, 2.05) is 35.7 Å². The molecule has 26 heavy (non-hydrogen) atoms. The van der Waals surface area contributed by atoms with E-state index >= 15 is 0 Å². The van der Waals surface area contributed by atoms with E-state index in [1.165, 1.54) is 17.4 Å². The first-order chi connectivity index (χ1) is 12.6. The highest BCUT2D eigenvalue weighted by Gasteiger charge is 2.15. The Morgan fingerprint density at radius 2 is 1.88 bits per heavy atom. The SMILES string of the molecule is O=C(Nc1nc(-c2ccc(Br)cc2)cs1)c1cc2ccccc2oc1=O. The van der Waals surface area contributed by atoms with Crippen molar-refractivity contribution in [2.24, 2.45) is 0 Å². The van der Waals surface area contributed by atoms with Crippen molar-refractivity contribution < 1.29 is 9.21 Å². The number of para-hydroxylation sites is 1. The Morgan fingerprint density at radius 1 is 1.12 bits per heavy atom. The third-order valence-corrected chi connectivity index (χ3v) is 5.04. The van der Waals surface area contributed by atoms with E-state index < -0.39 is 11.5 Å². The molecule has 0 bridgehead atoms. The lowest BCUT2D eigenvalue weighted by Gasteiger charge is -2.02. The molecule has 128 valence electrons.